The lowest BCUT2D eigenvalue weighted by Gasteiger charge is -1.98. The molecule has 0 aliphatic heterocycles. The first kappa shape index (κ1) is 8.32. The van der Waals surface area contributed by atoms with Gasteiger partial charge in [0, 0.05) is 11.1 Å². The van der Waals surface area contributed by atoms with Gasteiger partial charge in [-0.3, -0.25) is 4.79 Å². The van der Waals surface area contributed by atoms with E-state index >= 15 is 0 Å². The van der Waals surface area contributed by atoms with Crippen LogP contribution in [0.25, 0.3) is 10.8 Å². The number of pyridine rings is 1. The number of nitrogens with one attached hydrogen (secondary N) is 1. The van der Waals surface area contributed by atoms with Crippen LogP contribution in [-0.2, 0) is 5.88 Å². The molecular formula is C10H8ClNO. The molecule has 0 atom stereocenters. The molecule has 0 unspecified atom stereocenters. The Labute approximate surface area is 80.2 Å². The van der Waals surface area contributed by atoms with E-state index in [1.165, 1.54) is 0 Å². The summed E-state index contributed by atoms with van der Waals surface area (Å²) in [6.07, 6.45) is 0. The Kier molecular flexibility index (Phi) is 2.07. The van der Waals surface area contributed by atoms with E-state index in [0.717, 1.165) is 11.1 Å². The normalized spacial score (nSPS) is 10.5. The summed E-state index contributed by atoms with van der Waals surface area (Å²) in [5, 5.41) is 1.64. The van der Waals surface area contributed by atoms with Crippen molar-refractivity contribution in [3.63, 3.8) is 0 Å². The average molecular weight is 194 g/mol. The lowest BCUT2D eigenvalue weighted by Crippen LogP contribution is -2.07. The number of benzene rings is 1. The number of alkyl halides is 1. The van der Waals surface area contributed by atoms with Gasteiger partial charge in [-0.2, -0.15) is 0 Å². The predicted octanol–water partition coefficient (Wildman–Crippen LogP) is 2.27. The van der Waals surface area contributed by atoms with Gasteiger partial charge in [0.15, 0.2) is 0 Å². The Morgan fingerprint density at radius 2 is 2.08 bits per heavy atom. The molecular weight excluding hydrogens is 186 g/mol. The van der Waals surface area contributed by atoms with Crippen LogP contribution < -0.4 is 5.56 Å². The van der Waals surface area contributed by atoms with Crippen LogP contribution in [0.4, 0.5) is 0 Å². The monoisotopic (exact) mass is 193 g/mol. The molecule has 1 N–H and O–H groups in total. The second-order valence-electron chi connectivity index (χ2n) is 2.84. The maximum atomic E-state index is 11.4. The van der Waals surface area contributed by atoms with Crippen LogP contribution >= 0.6 is 11.6 Å². The number of halogens is 1. The van der Waals surface area contributed by atoms with E-state index in [9.17, 15) is 4.79 Å². The van der Waals surface area contributed by atoms with E-state index in [-0.39, 0.29) is 5.56 Å². The molecule has 2 rings (SSSR count). The highest BCUT2D eigenvalue weighted by Gasteiger charge is 1.99. The molecule has 0 saturated heterocycles. The van der Waals surface area contributed by atoms with Crippen molar-refractivity contribution >= 4 is 22.4 Å². The lowest BCUT2D eigenvalue weighted by atomic mass is 10.1. The summed E-state index contributed by atoms with van der Waals surface area (Å²) < 4.78 is 0. The highest BCUT2D eigenvalue weighted by Crippen LogP contribution is 2.10. The Morgan fingerprint density at radius 3 is 2.85 bits per heavy atom. The van der Waals surface area contributed by atoms with Crippen LogP contribution in [0.1, 0.15) is 5.69 Å². The largest absolute Gasteiger partial charge is 0.324 e. The highest BCUT2D eigenvalue weighted by molar-refractivity contribution is 6.17. The molecule has 2 nitrogen and oxygen atoms in total. The fourth-order valence-electron chi connectivity index (χ4n) is 1.34. The molecule has 0 saturated carbocycles. The average Bonchev–Trinajstić information content (AvgIpc) is 2.18. The van der Waals surface area contributed by atoms with Crippen LogP contribution in [0.15, 0.2) is 35.1 Å². The van der Waals surface area contributed by atoms with E-state index in [1.807, 2.05) is 24.3 Å². The number of fused-ring (bicyclic) bond motifs is 1. The number of aromatic amines is 1. The summed E-state index contributed by atoms with van der Waals surface area (Å²) in [6.45, 7) is 0. The molecule has 0 fully saturated rings. The van der Waals surface area contributed by atoms with E-state index in [1.54, 1.807) is 6.07 Å². The highest BCUT2D eigenvalue weighted by atomic mass is 35.5. The molecule has 3 heteroatoms. The fraction of sp³-hybridized carbons (Fsp3) is 0.100. The molecule has 0 amide bonds. The molecule has 1 heterocycles. The minimum absolute atomic E-state index is 0.0752. The predicted molar refractivity (Wildman–Crippen MR) is 54.1 cm³/mol. The Hall–Kier alpha value is -1.28. The first-order chi connectivity index (χ1) is 6.31. The van der Waals surface area contributed by atoms with Crippen LogP contribution in [-0.4, -0.2) is 4.98 Å². The number of hydrogen-bond acceptors (Lipinski definition) is 1. The topological polar surface area (TPSA) is 32.9 Å². The summed E-state index contributed by atoms with van der Waals surface area (Å²) >= 11 is 5.63. The number of rotatable bonds is 1. The lowest BCUT2D eigenvalue weighted by molar-refractivity contribution is 1.14. The Bertz CT molecular complexity index is 489. The van der Waals surface area contributed by atoms with Crippen LogP contribution in [0.2, 0.25) is 0 Å². The zero-order chi connectivity index (χ0) is 9.26. The van der Waals surface area contributed by atoms with Crippen molar-refractivity contribution in [1.82, 2.24) is 4.98 Å². The molecule has 0 radical (unpaired) electrons. The van der Waals surface area contributed by atoms with Gasteiger partial charge in [-0.15, -0.1) is 11.6 Å². The maximum absolute atomic E-state index is 11.4. The first-order valence-corrected chi connectivity index (χ1v) is 4.51. The molecule has 0 aliphatic rings. The molecule has 1 aromatic carbocycles. The summed E-state index contributed by atoms with van der Waals surface area (Å²) in [5.74, 6) is 0.333. The number of aromatic nitrogens is 1. The summed E-state index contributed by atoms with van der Waals surface area (Å²) in [4.78, 5) is 14.2. The van der Waals surface area contributed by atoms with Crippen LogP contribution in [0, 0.1) is 0 Å². The molecule has 66 valence electrons. The molecule has 13 heavy (non-hydrogen) atoms. The summed E-state index contributed by atoms with van der Waals surface area (Å²) in [5.41, 5.74) is 0.680. The molecule has 0 spiro atoms. The molecule has 1 aromatic heterocycles. The third-order valence-corrected chi connectivity index (χ3v) is 2.24. The number of H-pyrrole nitrogens is 1. The second kappa shape index (κ2) is 3.23. The summed E-state index contributed by atoms with van der Waals surface area (Å²) in [6, 6.07) is 9.34. The van der Waals surface area contributed by atoms with Gasteiger partial charge in [0.25, 0.3) is 5.56 Å². The quantitative estimate of drug-likeness (QED) is 0.693. The SMILES string of the molecule is O=c1[nH]c(CCl)cc2ccccc12. The van der Waals surface area contributed by atoms with E-state index in [2.05, 4.69) is 4.98 Å². The van der Waals surface area contributed by atoms with Gasteiger partial charge in [0.2, 0.25) is 0 Å². The molecule has 0 bridgehead atoms. The third kappa shape index (κ3) is 1.45. The second-order valence-corrected chi connectivity index (χ2v) is 3.11. The van der Waals surface area contributed by atoms with Gasteiger partial charge in [0.1, 0.15) is 0 Å². The minimum Gasteiger partial charge on any atom is -0.324 e. The van der Waals surface area contributed by atoms with Crippen molar-refractivity contribution < 1.29 is 0 Å². The van der Waals surface area contributed by atoms with Gasteiger partial charge < -0.3 is 4.98 Å². The van der Waals surface area contributed by atoms with Gasteiger partial charge >= 0.3 is 0 Å². The maximum Gasteiger partial charge on any atom is 0.256 e. The van der Waals surface area contributed by atoms with Gasteiger partial charge in [0.05, 0.1) is 5.88 Å². The fourth-order valence-corrected chi connectivity index (χ4v) is 1.48. The van der Waals surface area contributed by atoms with Crippen molar-refractivity contribution in [1.29, 1.82) is 0 Å². The van der Waals surface area contributed by atoms with Crippen molar-refractivity contribution in [2.45, 2.75) is 5.88 Å². The smallest absolute Gasteiger partial charge is 0.256 e. The van der Waals surface area contributed by atoms with Crippen molar-refractivity contribution in [2.24, 2.45) is 0 Å². The zero-order valence-corrected chi connectivity index (χ0v) is 7.64. The zero-order valence-electron chi connectivity index (χ0n) is 6.88. The van der Waals surface area contributed by atoms with Crippen molar-refractivity contribution in [3.8, 4) is 0 Å². The Balaban J connectivity index is 2.85. The van der Waals surface area contributed by atoms with Crippen molar-refractivity contribution in [3.05, 3.63) is 46.4 Å². The van der Waals surface area contributed by atoms with Gasteiger partial charge in [-0.1, -0.05) is 18.2 Å². The summed E-state index contributed by atoms with van der Waals surface area (Å²) in [7, 11) is 0. The Morgan fingerprint density at radius 1 is 1.31 bits per heavy atom. The van der Waals surface area contributed by atoms with E-state index < -0.39 is 0 Å². The van der Waals surface area contributed by atoms with E-state index in [0.29, 0.717) is 11.3 Å². The van der Waals surface area contributed by atoms with E-state index in [4.69, 9.17) is 11.6 Å². The standard InChI is InChI=1S/C10H8ClNO/c11-6-8-5-7-3-1-2-4-9(7)10(13)12-8/h1-5H,6H2,(H,12,13). The number of hydrogen-bond donors (Lipinski definition) is 1. The van der Waals surface area contributed by atoms with Crippen LogP contribution in [0.3, 0.4) is 0 Å². The minimum atomic E-state index is -0.0752. The van der Waals surface area contributed by atoms with Gasteiger partial charge in [-0.05, 0) is 17.5 Å². The molecule has 0 aliphatic carbocycles. The third-order valence-electron chi connectivity index (χ3n) is 1.95. The molecule has 2 aromatic rings. The first-order valence-electron chi connectivity index (χ1n) is 3.98. The van der Waals surface area contributed by atoms with Gasteiger partial charge in [-0.25, -0.2) is 0 Å². The van der Waals surface area contributed by atoms with Crippen molar-refractivity contribution in [2.75, 3.05) is 0 Å². The van der Waals surface area contributed by atoms with Crippen LogP contribution in [0.5, 0.6) is 0 Å².